The second kappa shape index (κ2) is 9.41. The molecule has 0 saturated heterocycles. The predicted octanol–water partition coefficient (Wildman–Crippen LogP) is 2.59. The van der Waals surface area contributed by atoms with Crippen LogP contribution in [0.4, 0.5) is 11.5 Å². The van der Waals surface area contributed by atoms with Gasteiger partial charge in [0.05, 0.1) is 18.4 Å². The lowest BCUT2D eigenvalue weighted by Crippen LogP contribution is -2.23. The Morgan fingerprint density at radius 1 is 1.10 bits per heavy atom. The molecule has 0 radical (unpaired) electrons. The lowest BCUT2D eigenvalue weighted by Gasteiger charge is -2.18. The number of carbonyl (C=O) groups is 2. The fourth-order valence-electron chi connectivity index (χ4n) is 2.71. The van der Waals surface area contributed by atoms with E-state index in [1.54, 1.807) is 42.7 Å². The molecule has 2 aromatic heterocycles. The van der Waals surface area contributed by atoms with Crippen LogP contribution in [0.1, 0.15) is 26.4 Å². The lowest BCUT2D eigenvalue weighted by molar-refractivity contribution is 0.0602. The number of hydrogen-bond donors (Lipinski definition) is 1. The number of hydrogen-bond acceptors (Lipinski definition) is 7. The van der Waals surface area contributed by atoms with Gasteiger partial charge >= 0.3 is 5.97 Å². The van der Waals surface area contributed by atoms with Crippen molar-refractivity contribution in [3.8, 4) is 0 Å². The van der Waals surface area contributed by atoms with Crippen molar-refractivity contribution in [3.63, 3.8) is 0 Å². The van der Waals surface area contributed by atoms with Gasteiger partial charge in [-0.3, -0.25) is 9.78 Å². The highest BCUT2D eigenvalue weighted by atomic mass is 16.5. The van der Waals surface area contributed by atoms with E-state index in [-0.39, 0.29) is 11.3 Å². The summed E-state index contributed by atoms with van der Waals surface area (Å²) < 4.78 is 4.75. The number of carbonyl (C=O) groups excluding carboxylic acids is 2. The normalized spacial score (nSPS) is 10.3. The van der Waals surface area contributed by atoms with Gasteiger partial charge in [0.15, 0.2) is 0 Å². The van der Waals surface area contributed by atoms with Gasteiger partial charge in [0, 0.05) is 32.1 Å². The van der Waals surface area contributed by atoms with Gasteiger partial charge in [0.2, 0.25) is 0 Å². The summed E-state index contributed by atoms with van der Waals surface area (Å²) in [7, 11) is 3.19. The fourth-order valence-corrected chi connectivity index (χ4v) is 2.71. The maximum atomic E-state index is 12.7. The molecular formula is C21H21N5O3. The molecule has 0 aliphatic carbocycles. The predicted molar refractivity (Wildman–Crippen MR) is 109 cm³/mol. The highest BCUT2D eigenvalue weighted by Crippen LogP contribution is 2.18. The van der Waals surface area contributed by atoms with Gasteiger partial charge in [0.1, 0.15) is 17.8 Å². The summed E-state index contributed by atoms with van der Waals surface area (Å²) in [6.45, 7) is 0.716. The van der Waals surface area contributed by atoms with Crippen molar-refractivity contribution in [1.82, 2.24) is 15.0 Å². The molecule has 0 fully saturated rings. The van der Waals surface area contributed by atoms with Crippen LogP contribution in [-0.4, -0.2) is 47.5 Å². The first-order valence-corrected chi connectivity index (χ1v) is 8.99. The highest BCUT2D eigenvalue weighted by molar-refractivity contribution is 6.07. The first-order valence-electron chi connectivity index (χ1n) is 8.99. The summed E-state index contributed by atoms with van der Waals surface area (Å²) in [4.78, 5) is 38.8. The third kappa shape index (κ3) is 5.13. The number of benzene rings is 1. The molecule has 8 nitrogen and oxygen atoms in total. The van der Waals surface area contributed by atoms with E-state index in [1.807, 2.05) is 24.1 Å². The molecule has 0 saturated carbocycles. The largest absolute Gasteiger partial charge is 0.465 e. The third-order valence-corrected chi connectivity index (χ3v) is 4.34. The van der Waals surface area contributed by atoms with Gasteiger partial charge in [-0.2, -0.15) is 0 Å². The standard InChI is InChI=1S/C21H21N5O3/c1-26(12-9-15-7-10-22-11-8-15)19-13-18(23-14-24-19)20(27)25-17-6-4-3-5-16(17)21(28)29-2/h3-8,10-11,13-14H,9,12H2,1-2H3,(H,25,27). The molecule has 0 atom stereocenters. The summed E-state index contributed by atoms with van der Waals surface area (Å²) in [5.74, 6) is -0.340. The number of anilines is 2. The third-order valence-electron chi connectivity index (χ3n) is 4.34. The number of nitrogens with zero attached hydrogens (tertiary/aromatic N) is 4. The zero-order chi connectivity index (χ0) is 20.6. The number of nitrogens with one attached hydrogen (secondary N) is 1. The quantitative estimate of drug-likeness (QED) is 0.618. The number of ether oxygens (including phenoxy) is 1. The molecule has 0 spiro atoms. The average molecular weight is 391 g/mol. The Kier molecular flexibility index (Phi) is 6.47. The van der Waals surface area contributed by atoms with Gasteiger partial charge in [-0.15, -0.1) is 0 Å². The Balaban J connectivity index is 1.70. The highest BCUT2D eigenvalue weighted by Gasteiger charge is 2.16. The van der Waals surface area contributed by atoms with E-state index >= 15 is 0 Å². The Hall–Kier alpha value is -3.81. The van der Waals surface area contributed by atoms with E-state index in [4.69, 9.17) is 4.74 Å². The molecule has 2 heterocycles. The van der Waals surface area contributed by atoms with Gasteiger partial charge in [-0.25, -0.2) is 14.8 Å². The van der Waals surface area contributed by atoms with Crippen LogP contribution in [0.3, 0.4) is 0 Å². The summed E-state index contributed by atoms with van der Waals surface area (Å²) in [6.07, 6.45) is 5.68. The summed E-state index contributed by atoms with van der Waals surface area (Å²) in [6, 6.07) is 12.2. The number of esters is 1. The smallest absolute Gasteiger partial charge is 0.339 e. The van der Waals surface area contributed by atoms with Crippen molar-refractivity contribution in [2.75, 3.05) is 30.9 Å². The van der Waals surface area contributed by atoms with Crippen molar-refractivity contribution in [1.29, 1.82) is 0 Å². The van der Waals surface area contributed by atoms with E-state index < -0.39 is 11.9 Å². The van der Waals surface area contributed by atoms with E-state index in [1.165, 1.54) is 19.0 Å². The zero-order valence-electron chi connectivity index (χ0n) is 16.2. The lowest BCUT2D eigenvalue weighted by atomic mass is 10.1. The Morgan fingerprint density at radius 2 is 1.86 bits per heavy atom. The number of amides is 1. The molecule has 148 valence electrons. The molecule has 0 aliphatic heterocycles. The molecule has 1 aromatic carbocycles. The zero-order valence-corrected chi connectivity index (χ0v) is 16.2. The molecule has 3 rings (SSSR count). The van der Waals surface area contributed by atoms with Crippen LogP contribution >= 0.6 is 0 Å². The van der Waals surface area contributed by atoms with Crippen molar-refractivity contribution in [2.24, 2.45) is 0 Å². The number of methoxy groups -OCH3 is 1. The number of aromatic nitrogens is 3. The molecule has 8 heteroatoms. The molecule has 1 N–H and O–H groups in total. The minimum atomic E-state index is -0.528. The first-order chi connectivity index (χ1) is 14.1. The molecule has 0 unspecified atom stereocenters. The van der Waals surface area contributed by atoms with Gasteiger partial charge in [0.25, 0.3) is 5.91 Å². The van der Waals surface area contributed by atoms with E-state index in [2.05, 4.69) is 20.3 Å². The van der Waals surface area contributed by atoms with Gasteiger partial charge < -0.3 is 15.0 Å². The van der Waals surface area contributed by atoms with Crippen LogP contribution in [-0.2, 0) is 11.2 Å². The minimum Gasteiger partial charge on any atom is -0.465 e. The number of likely N-dealkylation sites (N-methyl/N-ethyl adjacent to an activating group) is 1. The first kappa shape index (κ1) is 19.9. The summed E-state index contributed by atoms with van der Waals surface area (Å²) in [5.41, 5.74) is 1.99. The van der Waals surface area contributed by atoms with Crippen molar-refractivity contribution in [2.45, 2.75) is 6.42 Å². The maximum Gasteiger partial charge on any atom is 0.339 e. The van der Waals surface area contributed by atoms with Crippen molar-refractivity contribution >= 4 is 23.4 Å². The van der Waals surface area contributed by atoms with Gasteiger partial charge in [-0.05, 0) is 36.2 Å². The fraction of sp³-hybridized carbons (Fsp3) is 0.190. The van der Waals surface area contributed by atoms with Crippen LogP contribution in [0, 0.1) is 0 Å². The topological polar surface area (TPSA) is 97.3 Å². The molecule has 3 aromatic rings. The molecule has 0 aliphatic rings. The summed E-state index contributed by atoms with van der Waals surface area (Å²) >= 11 is 0. The number of para-hydroxylation sites is 1. The Labute approximate surface area is 168 Å². The van der Waals surface area contributed by atoms with E-state index in [0.29, 0.717) is 18.1 Å². The van der Waals surface area contributed by atoms with Crippen LogP contribution < -0.4 is 10.2 Å². The monoisotopic (exact) mass is 391 g/mol. The Bertz CT molecular complexity index is 994. The molecule has 0 bridgehead atoms. The number of pyridine rings is 1. The average Bonchev–Trinajstić information content (AvgIpc) is 2.78. The van der Waals surface area contributed by atoms with E-state index in [0.717, 1.165) is 6.42 Å². The second-order valence-corrected chi connectivity index (χ2v) is 6.28. The van der Waals surface area contributed by atoms with E-state index in [9.17, 15) is 9.59 Å². The molecule has 29 heavy (non-hydrogen) atoms. The SMILES string of the molecule is COC(=O)c1ccccc1NC(=O)c1cc(N(C)CCc2ccncc2)ncn1. The molecular weight excluding hydrogens is 370 g/mol. The Morgan fingerprint density at radius 3 is 2.62 bits per heavy atom. The van der Waals surface area contributed by atoms with Crippen molar-refractivity contribution in [3.05, 3.63) is 78.0 Å². The van der Waals surface area contributed by atoms with Crippen LogP contribution in [0.2, 0.25) is 0 Å². The van der Waals surface area contributed by atoms with Crippen molar-refractivity contribution < 1.29 is 14.3 Å². The number of rotatable bonds is 7. The second-order valence-electron chi connectivity index (χ2n) is 6.28. The molecule has 1 amide bonds. The van der Waals surface area contributed by atoms with Crippen LogP contribution in [0.15, 0.2) is 61.2 Å². The maximum absolute atomic E-state index is 12.7. The van der Waals surface area contributed by atoms with Crippen LogP contribution in [0.25, 0.3) is 0 Å². The van der Waals surface area contributed by atoms with Gasteiger partial charge in [-0.1, -0.05) is 12.1 Å². The van der Waals surface area contributed by atoms with Crippen LogP contribution in [0.5, 0.6) is 0 Å². The summed E-state index contributed by atoms with van der Waals surface area (Å²) in [5, 5.41) is 2.71. The minimum absolute atomic E-state index is 0.199.